The first kappa shape index (κ1) is 21.1. The lowest BCUT2D eigenvalue weighted by Gasteiger charge is -2.11. The zero-order valence-corrected chi connectivity index (χ0v) is 14.8. The number of benzene rings is 1. The third kappa shape index (κ3) is 6.10. The number of carbonyl (C=O) groups excluding carboxylic acids is 1. The van der Waals surface area contributed by atoms with Crippen molar-refractivity contribution in [3.8, 4) is 0 Å². The molecule has 126 valence electrons. The number of ether oxygens (including phenoxy) is 1. The maximum Gasteiger partial charge on any atom is 0.339 e. The van der Waals surface area contributed by atoms with Crippen LogP contribution in [0.5, 0.6) is 0 Å². The fourth-order valence-corrected chi connectivity index (χ4v) is 3.14. The number of rotatable bonds is 8. The molecule has 0 spiro atoms. The molecule has 0 saturated carbocycles. The van der Waals surface area contributed by atoms with Crippen molar-refractivity contribution in [2.75, 3.05) is 26.7 Å². The van der Waals surface area contributed by atoms with Gasteiger partial charge in [0.15, 0.2) is 0 Å². The van der Waals surface area contributed by atoms with Gasteiger partial charge in [-0.25, -0.2) is 17.9 Å². The molecule has 0 unspecified atom stereocenters. The minimum Gasteiger partial charge on any atom is -0.465 e. The highest BCUT2D eigenvalue weighted by Crippen LogP contribution is 2.21. The van der Waals surface area contributed by atoms with E-state index in [1.807, 2.05) is 6.92 Å². The van der Waals surface area contributed by atoms with Gasteiger partial charge in [-0.2, -0.15) is 0 Å². The Balaban J connectivity index is 0.00000441. The zero-order chi connectivity index (χ0) is 15.9. The van der Waals surface area contributed by atoms with Crippen LogP contribution in [0.15, 0.2) is 23.1 Å². The van der Waals surface area contributed by atoms with E-state index in [0.29, 0.717) is 6.54 Å². The van der Waals surface area contributed by atoms with Crippen LogP contribution in [-0.4, -0.2) is 41.1 Å². The molecule has 9 heteroatoms. The van der Waals surface area contributed by atoms with Crippen LogP contribution in [-0.2, 0) is 14.8 Å². The standard InChI is InChI=1S/C13H19ClN2O4S.ClH/c1-3-6-15-7-8-16-21(18,19)12-9-10(14)4-5-11(12)13(17)20-2;/h4-5,9,15-16H,3,6-8H2,1-2H3;1H. The van der Waals surface area contributed by atoms with Crippen LogP contribution < -0.4 is 10.0 Å². The number of sulfonamides is 1. The number of hydrogen-bond donors (Lipinski definition) is 2. The molecule has 6 nitrogen and oxygen atoms in total. The summed E-state index contributed by atoms with van der Waals surface area (Å²) in [5.74, 6) is -0.726. The van der Waals surface area contributed by atoms with Crippen LogP contribution in [0.2, 0.25) is 5.02 Å². The molecule has 22 heavy (non-hydrogen) atoms. The summed E-state index contributed by atoms with van der Waals surface area (Å²) in [6, 6.07) is 4.00. The van der Waals surface area contributed by atoms with E-state index in [4.69, 9.17) is 11.6 Å². The van der Waals surface area contributed by atoms with Crippen molar-refractivity contribution in [1.82, 2.24) is 10.0 Å². The fraction of sp³-hybridized carbons (Fsp3) is 0.462. The molecule has 0 fully saturated rings. The average molecular weight is 371 g/mol. The van der Waals surface area contributed by atoms with Crippen LogP contribution in [0.4, 0.5) is 0 Å². The highest BCUT2D eigenvalue weighted by molar-refractivity contribution is 7.89. The Morgan fingerprint density at radius 3 is 2.55 bits per heavy atom. The lowest BCUT2D eigenvalue weighted by molar-refractivity contribution is 0.0596. The summed E-state index contributed by atoms with van der Waals surface area (Å²) in [6.07, 6.45) is 0.966. The van der Waals surface area contributed by atoms with Gasteiger partial charge in [-0.05, 0) is 31.2 Å². The van der Waals surface area contributed by atoms with Crippen molar-refractivity contribution in [3.63, 3.8) is 0 Å². The lowest BCUT2D eigenvalue weighted by atomic mass is 10.2. The zero-order valence-electron chi connectivity index (χ0n) is 12.4. The molecule has 0 saturated heterocycles. The number of carbonyl (C=O) groups is 1. The Morgan fingerprint density at radius 2 is 1.95 bits per heavy atom. The lowest BCUT2D eigenvalue weighted by Crippen LogP contribution is -2.33. The van der Waals surface area contributed by atoms with Crippen LogP contribution >= 0.6 is 24.0 Å². The summed E-state index contributed by atoms with van der Waals surface area (Å²) in [5.41, 5.74) is -0.0454. The van der Waals surface area contributed by atoms with Gasteiger partial charge < -0.3 is 10.1 Å². The predicted molar refractivity (Wildman–Crippen MR) is 88.4 cm³/mol. The van der Waals surface area contributed by atoms with Gasteiger partial charge in [-0.15, -0.1) is 12.4 Å². The van der Waals surface area contributed by atoms with Gasteiger partial charge in [0.2, 0.25) is 10.0 Å². The number of nitrogens with one attached hydrogen (secondary N) is 2. The molecular weight excluding hydrogens is 351 g/mol. The Labute approximate surface area is 142 Å². The maximum absolute atomic E-state index is 12.3. The molecule has 0 bridgehead atoms. The molecule has 1 rings (SSSR count). The fourth-order valence-electron chi connectivity index (χ4n) is 1.65. The molecule has 0 aliphatic carbocycles. The largest absolute Gasteiger partial charge is 0.465 e. The first-order valence-electron chi connectivity index (χ1n) is 6.50. The smallest absolute Gasteiger partial charge is 0.339 e. The second kappa shape index (κ2) is 10.0. The highest BCUT2D eigenvalue weighted by atomic mass is 35.5. The van der Waals surface area contributed by atoms with E-state index in [1.54, 1.807) is 0 Å². The molecule has 0 heterocycles. The van der Waals surface area contributed by atoms with Crippen molar-refractivity contribution in [2.24, 2.45) is 0 Å². The van der Waals surface area contributed by atoms with E-state index in [-0.39, 0.29) is 34.4 Å². The molecule has 0 aliphatic rings. The Kier molecular flexibility index (Phi) is 9.63. The Bertz CT molecular complexity index is 594. The topological polar surface area (TPSA) is 84.5 Å². The van der Waals surface area contributed by atoms with Crippen LogP contribution in [0.3, 0.4) is 0 Å². The molecular formula is C13H20Cl2N2O4S. The van der Waals surface area contributed by atoms with E-state index in [9.17, 15) is 13.2 Å². The van der Waals surface area contributed by atoms with Gasteiger partial charge in [0.1, 0.15) is 0 Å². The summed E-state index contributed by atoms with van der Waals surface area (Å²) < 4.78 is 31.5. The first-order chi connectivity index (χ1) is 9.92. The number of esters is 1. The second-order valence-corrected chi connectivity index (χ2v) is 6.45. The summed E-state index contributed by atoms with van der Waals surface area (Å²) in [4.78, 5) is 11.5. The van der Waals surface area contributed by atoms with Crippen molar-refractivity contribution in [3.05, 3.63) is 28.8 Å². The number of methoxy groups -OCH3 is 1. The molecule has 0 amide bonds. The normalized spacial score (nSPS) is 10.9. The molecule has 0 aliphatic heterocycles. The summed E-state index contributed by atoms with van der Waals surface area (Å²) in [7, 11) is -2.64. The average Bonchev–Trinajstić information content (AvgIpc) is 2.46. The van der Waals surface area contributed by atoms with Crippen LogP contribution in [0, 0.1) is 0 Å². The third-order valence-corrected chi connectivity index (χ3v) is 4.40. The summed E-state index contributed by atoms with van der Waals surface area (Å²) in [5, 5.41) is 3.30. The van der Waals surface area contributed by atoms with Crippen LogP contribution in [0.1, 0.15) is 23.7 Å². The molecule has 0 aromatic heterocycles. The quantitative estimate of drug-likeness (QED) is 0.538. The van der Waals surface area contributed by atoms with Gasteiger partial charge in [0.05, 0.1) is 17.6 Å². The molecule has 0 atom stereocenters. The van der Waals surface area contributed by atoms with Gasteiger partial charge in [0.25, 0.3) is 0 Å². The number of hydrogen-bond acceptors (Lipinski definition) is 5. The Hall–Kier alpha value is -0.860. The Morgan fingerprint density at radius 1 is 1.27 bits per heavy atom. The van der Waals surface area contributed by atoms with Crippen LogP contribution in [0.25, 0.3) is 0 Å². The van der Waals surface area contributed by atoms with Gasteiger partial charge in [-0.3, -0.25) is 0 Å². The van der Waals surface area contributed by atoms with Crippen molar-refractivity contribution < 1.29 is 17.9 Å². The van der Waals surface area contributed by atoms with Gasteiger partial charge in [-0.1, -0.05) is 18.5 Å². The van der Waals surface area contributed by atoms with E-state index >= 15 is 0 Å². The molecule has 0 radical (unpaired) electrons. The molecule has 2 N–H and O–H groups in total. The van der Waals surface area contributed by atoms with E-state index in [2.05, 4.69) is 14.8 Å². The van der Waals surface area contributed by atoms with E-state index < -0.39 is 16.0 Å². The monoisotopic (exact) mass is 370 g/mol. The maximum atomic E-state index is 12.3. The van der Waals surface area contributed by atoms with E-state index in [0.717, 1.165) is 13.0 Å². The SMILES string of the molecule is CCCNCCNS(=O)(=O)c1cc(Cl)ccc1C(=O)OC.Cl. The molecule has 1 aromatic rings. The first-order valence-corrected chi connectivity index (χ1v) is 8.36. The minimum atomic E-state index is -3.83. The second-order valence-electron chi connectivity index (χ2n) is 4.28. The highest BCUT2D eigenvalue weighted by Gasteiger charge is 2.23. The van der Waals surface area contributed by atoms with Gasteiger partial charge in [0, 0.05) is 18.1 Å². The van der Waals surface area contributed by atoms with Crippen molar-refractivity contribution in [2.45, 2.75) is 18.2 Å². The summed E-state index contributed by atoms with van der Waals surface area (Å²) >= 11 is 5.82. The van der Waals surface area contributed by atoms with E-state index in [1.165, 1.54) is 25.3 Å². The van der Waals surface area contributed by atoms with Crippen molar-refractivity contribution >= 4 is 40.0 Å². The predicted octanol–water partition coefficient (Wildman–Crippen LogP) is 1.83. The third-order valence-electron chi connectivity index (χ3n) is 2.66. The minimum absolute atomic E-state index is 0. The van der Waals surface area contributed by atoms with Gasteiger partial charge >= 0.3 is 5.97 Å². The number of halogens is 2. The molecule has 1 aromatic carbocycles. The summed E-state index contributed by atoms with van der Waals surface area (Å²) in [6.45, 7) is 3.55. The van der Waals surface area contributed by atoms with Crippen molar-refractivity contribution in [1.29, 1.82) is 0 Å².